The summed E-state index contributed by atoms with van der Waals surface area (Å²) in [5.74, 6) is 2.37. The lowest BCUT2D eigenvalue weighted by molar-refractivity contribution is 0.122. The number of hydrogen-bond donors (Lipinski definition) is 0. The minimum absolute atomic E-state index is 0.235. The van der Waals surface area contributed by atoms with E-state index < -0.39 is 0 Å². The predicted octanol–water partition coefficient (Wildman–Crippen LogP) is 2.94. The smallest absolute Gasteiger partial charge is 0.172 e. The molecule has 3 aromatic rings. The zero-order valence-electron chi connectivity index (χ0n) is 18.3. The normalized spacial score (nSPS) is 17.7. The van der Waals surface area contributed by atoms with Crippen LogP contribution in [0.3, 0.4) is 0 Å². The summed E-state index contributed by atoms with van der Waals surface area (Å²) < 4.78 is 24.7. The topological polar surface area (TPSA) is 54.0 Å². The van der Waals surface area contributed by atoms with Crippen molar-refractivity contribution in [1.29, 1.82) is 0 Å². The summed E-state index contributed by atoms with van der Waals surface area (Å²) in [6.07, 6.45) is 0. The van der Waals surface area contributed by atoms with Crippen molar-refractivity contribution in [3.63, 3.8) is 0 Å². The third-order valence-electron chi connectivity index (χ3n) is 6.15. The molecule has 0 radical (unpaired) electrons. The number of hydrogen-bond acceptors (Lipinski definition) is 7. The van der Waals surface area contributed by atoms with Gasteiger partial charge in [-0.3, -0.25) is 4.90 Å². The van der Waals surface area contributed by atoms with Crippen LogP contribution in [0.4, 0.5) is 16.0 Å². The average Bonchev–Trinajstić information content (AvgIpc) is 2.84. The second-order valence-corrected chi connectivity index (χ2v) is 8.18. The van der Waals surface area contributed by atoms with Gasteiger partial charge in [0.05, 0.1) is 31.4 Å². The molecule has 0 atom stereocenters. The molecule has 0 aliphatic carbocycles. The third-order valence-corrected chi connectivity index (χ3v) is 6.15. The number of morpholine rings is 1. The fourth-order valence-corrected chi connectivity index (χ4v) is 4.41. The molecule has 0 amide bonds. The van der Waals surface area contributed by atoms with Crippen molar-refractivity contribution in [3.8, 4) is 5.75 Å². The number of methoxy groups -OCH3 is 1. The van der Waals surface area contributed by atoms with Crippen LogP contribution in [0.25, 0.3) is 11.0 Å². The van der Waals surface area contributed by atoms with Gasteiger partial charge in [0.25, 0.3) is 0 Å². The Kier molecular flexibility index (Phi) is 6.05. The predicted molar refractivity (Wildman–Crippen MR) is 123 cm³/mol. The number of anilines is 2. The lowest BCUT2D eigenvalue weighted by atomic mass is 10.1. The first-order valence-corrected chi connectivity index (χ1v) is 11.1. The molecule has 8 heteroatoms. The first-order valence-electron chi connectivity index (χ1n) is 11.1. The molecular formula is C24H28FN5O2. The number of fused-ring (bicyclic) bond motifs is 1. The zero-order chi connectivity index (χ0) is 21.9. The van der Waals surface area contributed by atoms with Gasteiger partial charge in [-0.2, -0.15) is 0 Å². The number of halogens is 1. The van der Waals surface area contributed by atoms with Crippen LogP contribution in [0.5, 0.6) is 5.75 Å². The van der Waals surface area contributed by atoms with E-state index in [1.807, 2.05) is 24.3 Å². The Morgan fingerprint density at radius 2 is 1.50 bits per heavy atom. The molecule has 0 N–H and O–H groups in total. The number of para-hydroxylation sites is 2. The molecule has 2 aromatic carbocycles. The van der Waals surface area contributed by atoms with E-state index in [-0.39, 0.29) is 5.82 Å². The van der Waals surface area contributed by atoms with Gasteiger partial charge in [0.2, 0.25) is 0 Å². The number of rotatable bonds is 5. The van der Waals surface area contributed by atoms with E-state index >= 15 is 0 Å². The third kappa shape index (κ3) is 4.33. The van der Waals surface area contributed by atoms with Gasteiger partial charge in [-0.25, -0.2) is 14.4 Å². The second-order valence-electron chi connectivity index (χ2n) is 8.18. The summed E-state index contributed by atoms with van der Waals surface area (Å²) in [4.78, 5) is 16.9. The Morgan fingerprint density at radius 1 is 0.875 bits per heavy atom. The molecule has 3 heterocycles. The van der Waals surface area contributed by atoms with Gasteiger partial charge in [-0.05, 0) is 30.3 Å². The first-order chi connectivity index (χ1) is 15.7. The van der Waals surface area contributed by atoms with E-state index in [9.17, 15) is 4.39 Å². The minimum atomic E-state index is -0.235. The molecule has 2 aliphatic heterocycles. The van der Waals surface area contributed by atoms with Crippen molar-refractivity contribution in [3.05, 3.63) is 53.8 Å². The van der Waals surface area contributed by atoms with Gasteiger partial charge in [-0.1, -0.05) is 12.1 Å². The summed E-state index contributed by atoms with van der Waals surface area (Å²) in [5.41, 5.74) is 2.70. The van der Waals surface area contributed by atoms with Gasteiger partial charge in [-0.15, -0.1) is 0 Å². The molecule has 7 nitrogen and oxygen atoms in total. The van der Waals surface area contributed by atoms with Gasteiger partial charge in [0, 0.05) is 51.4 Å². The van der Waals surface area contributed by atoms with Crippen LogP contribution in [0.2, 0.25) is 0 Å². The molecule has 0 bridgehead atoms. The number of aromatic nitrogens is 2. The quantitative estimate of drug-likeness (QED) is 0.608. The average molecular weight is 438 g/mol. The summed E-state index contributed by atoms with van der Waals surface area (Å²) in [6, 6.07) is 12.7. The highest BCUT2D eigenvalue weighted by atomic mass is 19.1. The number of ether oxygens (including phenoxy) is 2. The maximum absolute atomic E-state index is 13.8. The van der Waals surface area contributed by atoms with Crippen molar-refractivity contribution >= 4 is 22.7 Å². The van der Waals surface area contributed by atoms with Crippen LogP contribution >= 0.6 is 0 Å². The molecule has 168 valence electrons. The van der Waals surface area contributed by atoms with E-state index in [1.54, 1.807) is 19.2 Å². The molecule has 2 saturated heterocycles. The molecule has 0 spiro atoms. The Balaban J connectivity index is 1.36. The molecule has 1 aromatic heterocycles. The van der Waals surface area contributed by atoms with Crippen LogP contribution in [-0.2, 0) is 11.3 Å². The number of benzene rings is 2. The molecule has 32 heavy (non-hydrogen) atoms. The lowest BCUT2D eigenvalue weighted by Gasteiger charge is -2.38. The van der Waals surface area contributed by atoms with Gasteiger partial charge >= 0.3 is 0 Å². The van der Waals surface area contributed by atoms with E-state index in [1.165, 1.54) is 6.07 Å². The maximum Gasteiger partial charge on any atom is 0.172 e. The van der Waals surface area contributed by atoms with Crippen molar-refractivity contribution in [2.45, 2.75) is 6.54 Å². The first kappa shape index (κ1) is 20.9. The number of nitrogens with zero attached hydrogens (tertiary/aromatic N) is 5. The zero-order valence-corrected chi connectivity index (χ0v) is 18.3. The minimum Gasteiger partial charge on any atom is -0.496 e. The van der Waals surface area contributed by atoms with Gasteiger partial charge in [0.1, 0.15) is 11.6 Å². The Hall–Kier alpha value is -2.97. The standard InChI is InChI=1S/C24H28FN5O2/c1-31-22-7-6-19(25)16-18(22)17-28-8-10-29(11-9-28)23-24(30-12-14-32-15-13-30)27-21-5-3-2-4-20(21)26-23/h2-7,16H,8-15,17H2,1H3. The Labute approximate surface area is 187 Å². The SMILES string of the molecule is COc1ccc(F)cc1CN1CCN(c2nc3ccccc3nc2N2CCOCC2)CC1. The van der Waals surface area contributed by atoms with Crippen LogP contribution in [0.15, 0.2) is 42.5 Å². The maximum atomic E-state index is 13.8. The van der Waals surface area contributed by atoms with Crippen LogP contribution < -0.4 is 14.5 Å². The largest absolute Gasteiger partial charge is 0.496 e. The van der Waals surface area contributed by atoms with Gasteiger partial charge < -0.3 is 19.3 Å². The fraction of sp³-hybridized carbons (Fsp3) is 0.417. The number of piperazine rings is 1. The molecule has 0 unspecified atom stereocenters. The summed E-state index contributed by atoms with van der Waals surface area (Å²) in [5, 5.41) is 0. The molecule has 2 aliphatic rings. The van der Waals surface area contributed by atoms with Crippen LogP contribution in [0, 0.1) is 5.82 Å². The fourth-order valence-electron chi connectivity index (χ4n) is 4.41. The summed E-state index contributed by atoms with van der Waals surface area (Å²) >= 11 is 0. The summed E-state index contributed by atoms with van der Waals surface area (Å²) in [7, 11) is 1.63. The van der Waals surface area contributed by atoms with E-state index in [0.29, 0.717) is 19.8 Å². The van der Waals surface area contributed by atoms with E-state index in [2.05, 4.69) is 14.7 Å². The molecular weight excluding hydrogens is 409 g/mol. The van der Waals surface area contributed by atoms with Crippen LogP contribution in [0.1, 0.15) is 5.56 Å². The monoisotopic (exact) mass is 437 g/mol. The van der Waals surface area contributed by atoms with Crippen LogP contribution in [-0.4, -0.2) is 74.5 Å². The molecule has 2 fully saturated rings. The highest BCUT2D eigenvalue weighted by molar-refractivity contribution is 5.81. The van der Waals surface area contributed by atoms with Gasteiger partial charge in [0.15, 0.2) is 11.6 Å². The molecule has 0 saturated carbocycles. The van der Waals surface area contributed by atoms with Crippen molar-refractivity contribution < 1.29 is 13.9 Å². The Bertz CT molecular complexity index is 1080. The van der Waals surface area contributed by atoms with Crippen molar-refractivity contribution in [1.82, 2.24) is 14.9 Å². The second kappa shape index (κ2) is 9.26. The van der Waals surface area contributed by atoms with E-state index in [0.717, 1.165) is 73.3 Å². The van der Waals surface area contributed by atoms with Crippen molar-refractivity contribution in [2.24, 2.45) is 0 Å². The Morgan fingerprint density at radius 3 is 2.12 bits per heavy atom. The highest BCUT2D eigenvalue weighted by Gasteiger charge is 2.26. The van der Waals surface area contributed by atoms with E-state index in [4.69, 9.17) is 19.4 Å². The summed E-state index contributed by atoms with van der Waals surface area (Å²) in [6.45, 7) is 7.10. The lowest BCUT2D eigenvalue weighted by Crippen LogP contribution is -2.47. The highest BCUT2D eigenvalue weighted by Crippen LogP contribution is 2.30. The molecule has 5 rings (SSSR count). The van der Waals surface area contributed by atoms with Crippen molar-refractivity contribution in [2.75, 3.05) is 69.4 Å².